The van der Waals surface area contributed by atoms with Crippen LogP contribution in [0.25, 0.3) is 0 Å². The topological polar surface area (TPSA) is 55.5 Å². The summed E-state index contributed by atoms with van der Waals surface area (Å²) in [5.41, 5.74) is 1.37. The fourth-order valence-electron chi connectivity index (χ4n) is 3.70. The first-order valence-electron chi connectivity index (χ1n) is 9.95. The van der Waals surface area contributed by atoms with Crippen LogP contribution in [-0.4, -0.2) is 57.5 Å². The maximum Gasteiger partial charge on any atom is 0.233 e. The first kappa shape index (κ1) is 18.5. The van der Waals surface area contributed by atoms with Gasteiger partial charge in [-0.3, -0.25) is 4.79 Å². The van der Waals surface area contributed by atoms with Gasteiger partial charge in [0.15, 0.2) is 5.16 Å². The van der Waals surface area contributed by atoms with Gasteiger partial charge in [0.2, 0.25) is 5.91 Å². The van der Waals surface area contributed by atoms with Crippen LogP contribution in [0.5, 0.6) is 0 Å². The zero-order valence-corrected chi connectivity index (χ0v) is 16.7. The van der Waals surface area contributed by atoms with E-state index in [1.807, 2.05) is 4.90 Å². The summed E-state index contributed by atoms with van der Waals surface area (Å²) in [6.07, 6.45) is 2.44. The monoisotopic (exact) mass is 386 g/mol. The van der Waals surface area contributed by atoms with Crippen LogP contribution < -0.4 is 4.90 Å². The van der Waals surface area contributed by atoms with E-state index in [9.17, 15) is 4.79 Å². The van der Waals surface area contributed by atoms with Crippen molar-refractivity contribution in [3.05, 3.63) is 41.7 Å². The summed E-state index contributed by atoms with van der Waals surface area (Å²) < 4.78 is 2.18. The van der Waals surface area contributed by atoms with E-state index >= 15 is 0 Å². The third-order valence-corrected chi connectivity index (χ3v) is 6.40. The molecule has 0 unspecified atom stereocenters. The SMILES string of the molecule is CCn1c(SCC(=O)N2CC[NH+](Cc3ccccc3)CC2)nnc1C1CC1. The molecule has 1 aromatic heterocycles. The highest BCUT2D eigenvalue weighted by molar-refractivity contribution is 7.99. The highest BCUT2D eigenvalue weighted by Crippen LogP contribution is 2.39. The Balaban J connectivity index is 1.25. The Labute approximate surface area is 164 Å². The second kappa shape index (κ2) is 8.44. The molecular formula is C20H28N5OS+. The molecule has 0 radical (unpaired) electrons. The first-order chi connectivity index (χ1) is 13.2. The van der Waals surface area contributed by atoms with E-state index in [4.69, 9.17) is 0 Å². The van der Waals surface area contributed by atoms with Gasteiger partial charge in [-0.05, 0) is 19.8 Å². The maximum atomic E-state index is 12.6. The van der Waals surface area contributed by atoms with Gasteiger partial charge in [-0.2, -0.15) is 0 Å². The zero-order chi connectivity index (χ0) is 18.6. The van der Waals surface area contributed by atoms with Crippen molar-refractivity contribution < 1.29 is 9.69 Å². The number of thioether (sulfide) groups is 1. The van der Waals surface area contributed by atoms with Crippen molar-refractivity contribution in [2.45, 2.75) is 43.9 Å². The Hall–Kier alpha value is -1.86. The lowest BCUT2D eigenvalue weighted by atomic mass is 10.2. The number of carbonyl (C=O) groups is 1. The van der Waals surface area contributed by atoms with Gasteiger partial charge >= 0.3 is 0 Å². The molecular weight excluding hydrogens is 358 g/mol. The number of quaternary nitrogens is 1. The van der Waals surface area contributed by atoms with Crippen molar-refractivity contribution in [1.29, 1.82) is 0 Å². The second-order valence-electron chi connectivity index (χ2n) is 7.44. The van der Waals surface area contributed by atoms with E-state index in [1.165, 1.54) is 30.2 Å². The number of hydrogen-bond donors (Lipinski definition) is 1. The molecule has 4 rings (SSSR count). The number of piperazine rings is 1. The van der Waals surface area contributed by atoms with Crippen molar-refractivity contribution in [1.82, 2.24) is 19.7 Å². The van der Waals surface area contributed by atoms with Gasteiger partial charge in [0.1, 0.15) is 12.4 Å². The number of hydrogen-bond acceptors (Lipinski definition) is 4. The van der Waals surface area contributed by atoms with E-state index in [1.54, 1.807) is 4.90 Å². The lowest BCUT2D eigenvalue weighted by Crippen LogP contribution is -3.13. The molecule has 2 fully saturated rings. The molecule has 1 aliphatic heterocycles. The molecule has 1 saturated heterocycles. The molecule has 2 aliphatic rings. The molecule has 1 saturated carbocycles. The highest BCUT2D eigenvalue weighted by atomic mass is 32.2. The number of nitrogens with one attached hydrogen (secondary N) is 1. The predicted octanol–water partition coefficient (Wildman–Crippen LogP) is 1.19. The fraction of sp³-hybridized carbons (Fsp3) is 0.550. The predicted molar refractivity (Wildman–Crippen MR) is 106 cm³/mol. The van der Waals surface area contributed by atoms with Gasteiger partial charge in [0, 0.05) is 18.0 Å². The Bertz CT molecular complexity index is 766. The molecule has 2 aromatic rings. The average molecular weight is 387 g/mol. The van der Waals surface area contributed by atoms with Crippen LogP contribution in [-0.2, 0) is 17.9 Å². The van der Waals surface area contributed by atoms with Gasteiger partial charge in [-0.1, -0.05) is 42.1 Å². The smallest absolute Gasteiger partial charge is 0.233 e. The van der Waals surface area contributed by atoms with Crippen LogP contribution in [0.1, 0.15) is 37.1 Å². The second-order valence-corrected chi connectivity index (χ2v) is 8.38. The van der Waals surface area contributed by atoms with Crippen LogP contribution >= 0.6 is 11.8 Å². The molecule has 1 N–H and O–H groups in total. The number of benzene rings is 1. The lowest BCUT2D eigenvalue weighted by Gasteiger charge is -2.32. The van der Waals surface area contributed by atoms with E-state index in [0.717, 1.165) is 50.2 Å². The van der Waals surface area contributed by atoms with Crippen LogP contribution in [0.3, 0.4) is 0 Å². The quantitative estimate of drug-likeness (QED) is 0.727. The largest absolute Gasteiger partial charge is 0.331 e. The molecule has 1 aliphatic carbocycles. The minimum atomic E-state index is 0.220. The van der Waals surface area contributed by atoms with Gasteiger partial charge < -0.3 is 14.4 Å². The van der Waals surface area contributed by atoms with Gasteiger partial charge in [-0.15, -0.1) is 10.2 Å². The van der Waals surface area contributed by atoms with E-state index in [-0.39, 0.29) is 5.91 Å². The van der Waals surface area contributed by atoms with Crippen molar-refractivity contribution in [2.24, 2.45) is 0 Å². The third kappa shape index (κ3) is 4.52. The van der Waals surface area contributed by atoms with Crippen molar-refractivity contribution in [3.8, 4) is 0 Å². The first-order valence-corrected chi connectivity index (χ1v) is 10.9. The maximum absolute atomic E-state index is 12.6. The Morgan fingerprint density at radius 1 is 1.19 bits per heavy atom. The summed E-state index contributed by atoms with van der Waals surface area (Å²) >= 11 is 1.53. The van der Waals surface area contributed by atoms with Gasteiger partial charge in [-0.25, -0.2) is 0 Å². The standard InChI is InChI=1S/C20H27N5OS/c1-2-25-19(17-8-9-17)21-22-20(25)27-15-18(26)24-12-10-23(11-13-24)14-16-6-4-3-5-7-16/h3-7,17H,2,8-15H2,1H3/p+1. The molecule has 7 heteroatoms. The average Bonchev–Trinajstić information content (AvgIpc) is 3.47. The number of rotatable bonds is 7. The van der Waals surface area contributed by atoms with Crippen LogP contribution in [0.15, 0.2) is 35.5 Å². The van der Waals surface area contributed by atoms with E-state index in [0.29, 0.717) is 11.7 Å². The Kier molecular flexibility index (Phi) is 5.78. The van der Waals surface area contributed by atoms with Crippen molar-refractivity contribution >= 4 is 17.7 Å². The van der Waals surface area contributed by atoms with E-state index in [2.05, 4.69) is 52.0 Å². The third-order valence-electron chi connectivity index (χ3n) is 5.45. The Morgan fingerprint density at radius 2 is 1.93 bits per heavy atom. The summed E-state index contributed by atoms with van der Waals surface area (Å²) in [5.74, 6) is 2.36. The van der Waals surface area contributed by atoms with Crippen LogP contribution in [0.4, 0.5) is 0 Å². The normalized spacial score (nSPS) is 18.0. The molecule has 144 valence electrons. The summed E-state index contributed by atoms with van der Waals surface area (Å²) in [6.45, 7) is 7.75. The highest BCUT2D eigenvalue weighted by Gasteiger charge is 2.30. The number of aromatic nitrogens is 3. The summed E-state index contributed by atoms with van der Waals surface area (Å²) in [7, 11) is 0. The van der Waals surface area contributed by atoms with Gasteiger partial charge in [0.25, 0.3) is 0 Å². The lowest BCUT2D eigenvalue weighted by molar-refractivity contribution is -0.917. The molecule has 1 amide bonds. The molecule has 0 spiro atoms. The summed E-state index contributed by atoms with van der Waals surface area (Å²) in [6, 6.07) is 10.6. The van der Waals surface area contributed by atoms with E-state index < -0.39 is 0 Å². The van der Waals surface area contributed by atoms with Crippen molar-refractivity contribution in [3.63, 3.8) is 0 Å². The summed E-state index contributed by atoms with van der Waals surface area (Å²) in [4.78, 5) is 16.2. The molecule has 2 heterocycles. The van der Waals surface area contributed by atoms with Gasteiger partial charge in [0.05, 0.1) is 31.9 Å². The molecule has 1 aromatic carbocycles. The number of nitrogens with zero attached hydrogens (tertiary/aromatic N) is 4. The van der Waals surface area contributed by atoms with Crippen molar-refractivity contribution in [2.75, 3.05) is 31.9 Å². The minimum absolute atomic E-state index is 0.220. The molecule has 6 nitrogen and oxygen atoms in total. The van der Waals surface area contributed by atoms with Crippen LogP contribution in [0, 0.1) is 0 Å². The molecule has 27 heavy (non-hydrogen) atoms. The zero-order valence-electron chi connectivity index (χ0n) is 15.9. The fourth-order valence-corrected chi connectivity index (χ4v) is 4.61. The molecule has 0 atom stereocenters. The summed E-state index contributed by atoms with van der Waals surface area (Å²) in [5, 5.41) is 9.57. The Morgan fingerprint density at radius 3 is 2.59 bits per heavy atom. The van der Waals surface area contributed by atoms with Crippen LogP contribution in [0.2, 0.25) is 0 Å². The number of amides is 1. The minimum Gasteiger partial charge on any atom is -0.331 e. The molecule has 0 bridgehead atoms. The number of carbonyl (C=O) groups excluding carboxylic acids is 1.